The zero-order valence-corrected chi connectivity index (χ0v) is 24.2. The van der Waals surface area contributed by atoms with Crippen LogP contribution >= 0.6 is 11.6 Å². The summed E-state index contributed by atoms with van der Waals surface area (Å²) >= 11 is 6.23. The van der Waals surface area contributed by atoms with Crippen molar-refractivity contribution in [2.75, 3.05) is 6.54 Å². The molecule has 6 nitrogen and oxygen atoms in total. The van der Waals surface area contributed by atoms with Crippen LogP contribution in [-0.2, 0) is 11.2 Å². The molecule has 2 aromatic carbocycles. The molecule has 0 saturated carbocycles. The number of carboxylic acid groups (broad SMARTS) is 1. The van der Waals surface area contributed by atoms with E-state index in [-0.39, 0.29) is 63.5 Å². The third-order valence-corrected chi connectivity index (χ3v) is 4.73. The van der Waals surface area contributed by atoms with Crippen molar-refractivity contribution in [3.8, 4) is 0 Å². The first-order chi connectivity index (χ1) is 15.0. The van der Waals surface area contributed by atoms with Crippen LogP contribution in [0.5, 0.6) is 0 Å². The van der Waals surface area contributed by atoms with Crippen LogP contribution < -0.4 is 51.4 Å². The number of amides is 2. The first kappa shape index (κ1) is 29.8. The molecule has 33 heavy (non-hydrogen) atoms. The summed E-state index contributed by atoms with van der Waals surface area (Å²) in [6.07, 6.45) is -0.0673. The van der Waals surface area contributed by atoms with Crippen LogP contribution in [0, 0.1) is 5.41 Å². The van der Waals surface area contributed by atoms with Crippen molar-refractivity contribution in [1.82, 2.24) is 4.90 Å². The van der Waals surface area contributed by atoms with E-state index in [9.17, 15) is 9.59 Å². The SMILES string of the molecule is CC(C)(C)C.CCC1N=C(c2ccccc2Cl)C(=O)N1CCc1ccc([N-]C(=O)O)cc1.[K+]. The molecule has 1 atom stereocenters. The monoisotopic (exact) mass is 495 g/mol. The maximum atomic E-state index is 12.9. The van der Waals surface area contributed by atoms with Gasteiger partial charge in [-0.3, -0.25) is 14.6 Å². The summed E-state index contributed by atoms with van der Waals surface area (Å²) in [5, 5.41) is 12.6. The van der Waals surface area contributed by atoms with Gasteiger partial charge in [0.1, 0.15) is 11.9 Å². The van der Waals surface area contributed by atoms with Gasteiger partial charge in [0, 0.05) is 12.1 Å². The smallest absolute Gasteiger partial charge is 0.591 e. The predicted molar refractivity (Wildman–Crippen MR) is 130 cm³/mol. The molecule has 0 spiro atoms. The summed E-state index contributed by atoms with van der Waals surface area (Å²) < 4.78 is 0. The van der Waals surface area contributed by atoms with Crippen LogP contribution in [0.2, 0.25) is 5.02 Å². The summed E-state index contributed by atoms with van der Waals surface area (Å²) in [7, 11) is 0. The van der Waals surface area contributed by atoms with Gasteiger partial charge in [-0.1, -0.05) is 88.7 Å². The minimum atomic E-state index is -1.22. The zero-order chi connectivity index (χ0) is 23.9. The summed E-state index contributed by atoms with van der Waals surface area (Å²) in [5.74, 6) is -0.118. The standard InChI is InChI=1S/C20H19ClN3O3.C5H12.K/c1-2-17-23-18(15-5-3-4-6-16(15)21)19(25)24(17)12-11-13-7-9-14(10-8-13)22-20(26)27;1-5(2,3)4;/h3-10,17H,2,11-12H2,1H3,(H,26,27);1-4H3;/q-1;;+1. The topological polar surface area (TPSA) is 84.1 Å². The van der Waals surface area contributed by atoms with Crippen molar-refractivity contribution < 1.29 is 66.1 Å². The molecule has 0 radical (unpaired) electrons. The molecule has 1 unspecified atom stereocenters. The Balaban J connectivity index is 0.000000821. The first-order valence-electron chi connectivity index (χ1n) is 10.7. The first-order valence-corrected chi connectivity index (χ1v) is 11.0. The number of carbonyl (C=O) groups is 2. The van der Waals surface area contributed by atoms with Gasteiger partial charge in [-0.2, -0.15) is 0 Å². The number of hydrogen-bond donors (Lipinski definition) is 1. The Bertz CT molecular complexity index is 966. The van der Waals surface area contributed by atoms with E-state index in [0.717, 1.165) is 12.0 Å². The fraction of sp³-hybridized carbons (Fsp3) is 0.400. The molecule has 0 aliphatic carbocycles. The molecule has 0 fully saturated rings. The van der Waals surface area contributed by atoms with Gasteiger partial charge >= 0.3 is 51.4 Å². The van der Waals surface area contributed by atoms with Crippen molar-refractivity contribution in [1.29, 1.82) is 0 Å². The molecule has 1 aliphatic heterocycles. The van der Waals surface area contributed by atoms with Gasteiger partial charge in [-0.25, -0.2) is 0 Å². The Labute approximate surface area is 244 Å². The van der Waals surface area contributed by atoms with Gasteiger partial charge in [-0.15, -0.1) is 5.69 Å². The molecule has 2 amide bonds. The van der Waals surface area contributed by atoms with E-state index in [4.69, 9.17) is 16.7 Å². The van der Waals surface area contributed by atoms with Crippen molar-refractivity contribution in [3.63, 3.8) is 0 Å². The van der Waals surface area contributed by atoms with Gasteiger partial charge in [0.05, 0.1) is 5.02 Å². The van der Waals surface area contributed by atoms with Gasteiger partial charge in [-0.05, 0) is 29.9 Å². The van der Waals surface area contributed by atoms with E-state index in [0.29, 0.717) is 40.4 Å². The van der Waals surface area contributed by atoms with E-state index >= 15 is 0 Å². The minimum Gasteiger partial charge on any atom is -0.591 e. The molecular formula is C25H31ClKN3O3. The Morgan fingerprint density at radius 2 is 1.70 bits per heavy atom. The van der Waals surface area contributed by atoms with Crippen molar-refractivity contribution in [2.45, 2.75) is 53.6 Å². The maximum Gasteiger partial charge on any atom is 1.00 e. The molecule has 172 valence electrons. The van der Waals surface area contributed by atoms with E-state index in [2.05, 4.69) is 38.0 Å². The fourth-order valence-electron chi connectivity index (χ4n) is 3.04. The van der Waals surface area contributed by atoms with E-state index < -0.39 is 6.09 Å². The van der Waals surface area contributed by atoms with Crippen molar-refractivity contribution >= 4 is 35.0 Å². The summed E-state index contributed by atoms with van der Waals surface area (Å²) in [6, 6.07) is 14.2. The molecule has 1 heterocycles. The molecule has 0 saturated heterocycles. The number of rotatable bonds is 6. The number of hydrogen-bond acceptors (Lipinski definition) is 3. The number of nitrogens with zero attached hydrogens (tertiary/aromatic N) is 3. The predicted octanol–water partition coefficient (Wildman–Crippen LogP) is 3.69. The largest absolute Gasteiger partial charge is 1.00 e. The van der Waals surface area contributed by atoms with Crippen LogP contribution in [0.25, 0.3) is 5.32 Å². The van der Waals surface area contributed by atoms with E-state index in [1.807, 2.05) is 31.2 Å². The summed E-state index contributed by atoms with van der Waals surface area (Å²) in [5.41, 5.74) is 2.94. The summed E-state index contributed by atoms with van der Waals surface area (Å²) in [6.45, 7) is 11.3. The molecule has 3 rings (SSSR count). The van der Waals surface area contributed by atoms with Gasteiger partial charge < -0.3 is 15.3 Å². The van der Waals surface area contributed by atoms with Crippen LogP contribution in [0.1, 0.15) is 52.2 Å². The third kappa shape index (κ3) is 9.88. The van der Waals surface area contributed by atoms with Gasteiger partial charge in [0.15, 0.2) is 0 Å². The fourth-order valence-corrected chi connectivity index (χ4v) is 3.27. The second-order valence-corrected chi connectivity index (χ2v) is 9.56. The van der Waals surface area contributed by atoms with Crippen LogP contribution in [0.15, 0.2) is 53.5 Å². The molecule has 1 aliphatic rings. The molecule has 0 aromatic heterocycles. The Morgan fingerprint density at radius 3 is 2.21 bits per heavy atom. The minimum absolute atomic E-state index is 0. The second-order valence-electron chi connectivity index (χ2n) is 9.16. The Kier molecular flexibility index (Phi) is 12.3. The van der Waals surface area contributed by atoms with Crippen LogP contribution in [0.4, 0.5) is 10.5 Å². The normalized spacial score (nSPS) is 15.2. The molecule has 1 N–H and O–H groups in total. The maximum absolute atomic E-state index is 12.9. The van der Waals surface area contributed by atoms with E-state index in [1.54, 1.807) is 29.2 Å². The van der Waals surface area contributed by atoms with Crippen LogP contribution in [0.3, 0.4) is 0 Å². The van der Waals surface area contributed by atoms with Gasteiger partial charge in [0.2, 0.25) is 6.09 Å². The quantitative estimate of drug-likeness (QED) is 0.620. The average Bonchev–Trinajstić information content (AvgIpc) is 3.01. The van der Waals surface area contributed by atoms with Crippen LogP contribution in [-0.4, -0.2) is 40.4 Å². The van der Waals surface area contributed by atoms with E-state index in [1.165, 1.54) is 0 Å². The number of halogens is 1. The number of benzene rings is 2. The molecule has 0 bridgehead atoms. The Morgan fingerprint density at radius 1 is 1.12 bits per heavy atom. The van der Waals surface area contributed by atoms with Gasteiger partial charge in [0.25, 0.3) is 5.91 Å². The number of carbonyl (C=O) groups excluding carboxylic acids is 1. The molecular weight excluding hydrogens is 465 g/mol. The Hall–Kier alpha value is -1.22. The molecule has 8 heteroatoms. The third-order valence-electron chi connectivity index (χ3n) is 4.40. The second kappa shape index (κ2) is 13.6. The van der Waals surface area contributed by atoms with Crippen molar-refractivity contribution in [3.05, 3.63) is 70.0 Å². The summed E-state index contributed by atoms with van der Waals surface area (Å²) in [4.78, 5) is 29.8. The van der Waals surface area contributed by atoms with Crippen molar-refractivity contribution in [2.24, 2.45) is 10.4 Å². The zero-order valence-electron chi connectivity index (χ0n) is 20.3. The number of aliphatic imine (C=N–C) groups is 1. The average molecular weight is 496 g/mol. The molecule has 2 aromatic rings.